The van der Waals surface area contributed by atoms with Gasteiger partial charge in [0.1, 0.15) is 0 Å². The van der Waals surface area contributed by atoms with Crippen LogP contribution in [-0.4, -0.2) is 24.7 Å². The molecule has 0 radical (unpaired) electrons. The number of amides is 1. The second kappa shape index (κ2) is 6.93. The molecule has 1 atom stereocenters. The number of nitrogens with two attached hydrogens (primary N) is 1. The van der Waals surface area contributed by atoms with Crippen molar-refractivity contribution in [2.75, 3.05) is 13.2 Å². The molecule has 0 bridgehead atoms. The van der Waals surface area contributed by atoms with Gasteiger partial charge in [0.15, 0.2) is 0 Å². The molecule has 3 rings (SSSR count). The summed E-state index contributed by atoms with van der Waals surface area (Å²) >= 11 is 12.3. The number of halogens is 3. The van der Waals surface area contributed by atoms with E-state index >= 15 is 0 Å². The number of hydrogen-bond acceptors (Lipinski definition) is 3. The van der Waals surface area contributed by atoms with Gasteiger partial charge >= 0.3 is 0 Å². The smallest absolute Gasteiger partial charge is 0.240 e. The van der Waals surface area contributed by atoms with Gasteiger partial charge < -0.3 is 15.8 Å². The molecule has 7 heteroatoms. The van der Waals surface area contributed by atoms with Gasteiger partial charge in [-0.3, -0.25) is 4.79 Å². The van der Waals surface area contributed by atoms with Gasteiger partial charge in [0.25, 0.3) is 0 Å². The highest BCUT2D eigenvalue weighted by atomic mass is 35.5. The molecule has 1 amide bonds. The van der Waals surface area contributed by atoms with Crippen LogP contribution in [-0.2, 0) is 16.0 Å². The van der Waals surface area contributed by atoms with Crippen LogP contribution in [0.3, 0.4) is 0 Å². The molecule has 1 aromatic rings. The second-order valence-corrected chi connectivity index (χ2v) is 6.55. The maximum atomic E-state index is 12.5. The molecule has 122 valence electrons. The minimum atomic E-state index is -0.822. The maximum Gasteiger partial charge on any atom is 0.240 e. The summed E-state index contributed by atoms with van der Waals surface area (Å²) in [6.07, 6.45) is 2.76. The Morgan fingerprint density at radius 1 is 1.32 bits per heavy atom. The van der Waals surface area contributed by atoms with E-state index in [4.69, 9.17) is 33.7 Å². The van der Waals surface area contributed by atoms with E-state index in [1.165, 1.54) is 0 Å². The summed E-state index contributed by atoms with van der Waals surface area (Å²) in [5.74, 6) is -0.102. The van der Waals surface area contributed by atoms with E-state index in [0.717, 1.165) is 24.0 Å². The first kappa shape index (κ1) is 17.8. The zero-order valence-electron chi connectivity index (χ0n) is 12.0. The molecule has 1 heterocycles. The number of ether oxygens (including phenoxy) is 1. The zero-order valence-corrected chi connectivity index (χ0v) is 14.4. The molecule has 4 nitrogen and oxygen atoms in total. The van der Waals surface area contributed by atoms with Gasteiger partial charge in [-0.15, -0.1) is 12.4 Å². The normalized spacial score (nSPS) is 22.6. The second-order valence-electron chi connectivity index (χ2n) is 5.76. The molecule has 0 aromatic heterocycles. The summed E-state index contributed by atoms with van der Waals surface area (Å²) in [6, 6.07) is 3.68. The lowest BCUT2D eigenvalue weighted by atomic mass is 9.90. The van der Waals surface area contributed by atoms with Crippen molar-refractivity contribution in [2.24, 2.45) is 5.73 Å². The summed E-state index contributed by atoms with van der Waals surface area (Å²) in [7, 11) is 0. The van der Waals surface area contributed by atoms with Gasteiger partial charge in [0.05, 0.1) is 21.6 Å². The van der Waals surface area contributed by atoms with Crippen LogP contribution in [0.4, 0.5) is 0 Å². The highest BCUT2D eigenvalue weighted by Crippen LogP contribution is 2.39. The van der Waals surface area contributed by atoms with Crippen LogP contribution in [0, 0.1) is 0 Å². The minimum Gasteiger partial charge on any atom is -0.381 e. The molecule has 1 fully saturated rings. The number of hydrogen-bond donors (Lipinski definition) is 2. The molecule has 3 N–H and O–H groups in total. The van der Waals surface area contributed by atoms with Crippen LogP contribution < -0.4 is 11.1 Å². The largest absolute Gasteiger partial charge is 0.381 e. The van der Waals surface area contributed by atoms with Gasteiger partial charge in [0.2, 0.25) is 5.91 Å². The Labute approximate surface area is 146 Å². The molecule has 2 aliphatic rings. The molecule has 22 heavy (non-hydrogen) atoms. The highest BCUT2D eigenvalue weighted by molar-refractivity contribution is 6.42. The highest BCUT2D eigenvalue weighted by Gasteiger charge is 2.38. The van der Waals surface area contributed by atoms with Crippen LogP contribution in [0.25, 0.3) is 0 Å². The first-order chi connectivity index (χ1) is 10.0. The number of fused-ring (bicyclic) bond motifs is 1. The Bertz CT molecular complexity index is 574. The number of nitrogens with one attached hydrogen (secondary N) is 1. The fraction of sp³-hybridized carbons (Fsp3) is 0.533. The Morgan fingerprint density at radius 2 is 2.00 bits per heavy atom. The number of benzene rings is 1. The maximum absolute atomic E-state index is 12.5. The van der Waals surface area contributed by atoms with Crippen molar-refractivity contribution >= 4 is 41.5 Å². The van der Waals surface area contributed by atoms with Gasteiger partial charge in [-0.25, -0.2) is 0 Å². The third kappa shape index (κ3) is 3.22. The molecule has 0 saturated carbocycles. The standard InChI is InChI=1S/C15H18Cl2N2O2.ClH/c16-11-3-1-9-10(13(11)17)2-4-12(9)19-14(20)15(18)5-7-21-8-6-15;/h1,3,12H,2,4-8,18H2,(H,19,20);1H. The SMILES string of the molecule is Cl.NC1(C(=O)NC2CCc3c2ccc(Cl)c3Cl)CCOCC1. The predicted molar refractivity (Wildman–Crippen MR) is 89.9 cm³/mol. The monoisotopic (exact) mass is 364 g/mol. The number of carbonyl (C=O) groups is 1. The van der Waals surface area contributed by atoms with Crippen LogP contribution in [0.2, 0.25) is 10.0 Å². The average molecular weight is 366 g/mol. The van der Waals surface area contributed by atoms with Crippen LogP contribution >= 0.6 is 35.6 Å². The lowest BCUT2D eigenvalue weighted by molar-refractivity contribution is -0.130. The van der Waals surface area contributed by atoms with Crippen molar-refractivity contribution in [3.63, 3.8) is 0 Å². The third-order valence-corrected chi connectivity index (χ3v) is 5.28. The van der Waals surface area contributed by atoms with Crippen LogP contribution in [0.15, 0.2) is 12.1 Å². The topological polar surface area (TPSA) is 64.4 Å². The molecule has 1 unspecified atom stereocenters. The van der Waals surface area contributed by atoms with E-state index in [1.807, 2.05) is 6.07 Å². The number of rotatable bonds is 2. The molecule has 0 spiro atoms. The lowest BCUT2D eigenvalue weighted by Gasteiger charge is -2.33. The minimum absolute atomic E-state index is 0. The van der Waals surface area contributed by atoms with E-state index < -0.39 is 5.54 Å². The predicted octanol–water partition coefficient (Wildman–Crippen LogP) is 3.03. The van der Waals surface area contributed by atoms with Gasteiger partial charge in [-0.2, -0.15) is 0 Å². The van der Waals surface area contributed by atoms with Crippen LogP contribution in [0.5, 0.6) is 0 Å². The molecule has 1 aromatic carbocycles. The summed E-state index contributed by atoms with van der Waals surface area (Å²) < 4.78 is 5.28. The Morgan fingerprint density at radius 3 is 2.68 bits per heavy atom. The summed E-state index contributed by atoms with van der Waals surface area (Å²) in [4.78, 5) is 12.5. The van der Waals surface area contributed by atoms with Crippen molar-refractivity contribution in [1.82, 2.24) is 5.32 Å². The van der Waals surface area contributed by atoms with E-state index in [1.54, 1.807) is 6.07 Å². The Balaban J connectivity index is 0.00000176. The van der Waals surface area contributed by atoms with Crippen molar-refractivity contribution < 1.29 is 9.53 Å². The van der Waals surface area contributed by atoms with Crippen molar-refractivity contribution in [2.45, 2.75) is 37.3 Å². The van der Waals surface area contributed by atoms with Crippen molar-refractivity contribution in [1.29, 1.82) is 0 Å². The molecular weight excluding hydrogens is 347 g/mol. The summed E-state index contributed by atoms with van der Waals surface area (Å²) in [5, 5.41) is 4.22. The van der Waals surface area contributed by atoms with E-state index in [9.17, 15) is 4.79 Å². The zero-order chi connectivity index (χ0) is 15.0. The van der Waals surface area contributed by atoms with Gasteiger partial charge in [0, 0.05) is 13.2 Å². The molecule has 1 aliphatic carbocycles. The quantitative estimate of drug-likeness (QED) is 0.846. The van der Waals surface area contributed by atoms with Gasteiger partial charge in [-0.05, 0) is 42.9 Å². The van der Waals surface area contributed by atoms with Crippen molar-refractivity contribution in [3.05, 3.63) is 33.3 Å². The molecule has 1 aliphatic heterocycles. The molecular formula is C15H19Cl3N2O2. The summed E-state index contributed by atoms with van der Waals surface area (Å²) in [5.41, 5.74) is 7.48. The lowest BCUT2D eigenvalue weighted by Crippen LogP contribution is -2.57. The number of carbonyl (C=O) groups excluding carboxylic acids is 1. The van der Waals surface area contributed by atoms with E-state index in [2.05, 4.69) is 5.32 Å². The fourth-order valence-corrected chi connectivity index (χ4v) is 3.49. The molecule has 1 saturated heterocycles. The third-order valence-electron chi connectivity index (χ3n) is 4.43. The summed E-state index contributed by atoms with van der Waals surface area (Å²) in [6.45, 7) is 1.07. The van der Waals surface area contributed by atoms with E-state index in [-0.39, 0.29) is 24.4 Å². The fourth-order valence-electron chi connectivity index (χ4n) is 3.05. The first-order valence-corrected chi connectivity index (χ1v) is 7.91. The Hall–Kier alpha value is -0.520. The first-order valence-electron chi connectivity index (χ1n) is 7.16. The van der Waals surface area contributed by atoms with Crippen LogP contribution in [0.1, 0.15) is 36.4 Å². The van der Waals surface area contributed by atoms with Crippen molar-refractivity contribution in [3.8, 4) is 0 Å². The van der Waals surface area contributed by atoms with Gasteiger partial charge in [-0.1, -0.05) is 29.3 Å². The average Bonchev–Trinajstić information content (AvgIpc) is 2.87. The van der Waals surface area contributed by atoms with E-state index in [0.29, 0.717) is 36.1 Å². The Kier molecular flexibility index (Phi) is 5.62.